The van der Waals surface area contributed by atoms with E-state index in [2.05, 4.69) is 4.72 Å². The maximum Gasteiger partial charge on any atom is 0.262 e. The van der Waals surface area contributed by atoms with Gasteiger partial charge in [-0.1, -0.05) is 6.07 Å². The van der Waals surface area contributed by atoms with E-state index in [9.17, 15) is 18.3 Å². The van der Waals surface area contributed by atoms with Gasteiger partial charge >= 0.3 is 0 Å². The number of anilines is 1. The van der Waals surface area contributed by atoms with Gasteiger partial charge in [0.1, 0.15) is 11.5 Å². The fraction of sp³-hybridized carbons (Fsp3) is 0.188. The van der Waals surface area contributed by atoms with Crippen molar-refractivity contribution in [3.05, 3.63) is 47.5 Å². The van der Waals surface area contributed by atoms with Crippen LogP contribution in [0.5, 0.6) is 11.5 Å². The Balaban J connectivity index is 2.46. The van der Waals surface area contributed by atoms with Crippen molar-refractivity contribution in [2.24, 2.45) is 0 Å². The molecule has 1 N–H and O–H groups in total. The van der Waals surface area contributed by atoms with Crippen LogP contribution in [0, 0.1) is 6.92 Å². The topological polar surface area (TPSA) is 105 Å². The Labute approximate surface area is 139 Å². The van der Waals surface area contributed by atoms with Crippen LogP contribution in [-0.4, -0.2) is 28.6 Å². The number of hydrogen-bond donors (Lipinski definition) is 1. The molecule has 0 saturated heterocycles. The summed E-state index contributed by atoms with van der Waals surface area (Å²) in [6.07, 6.45) is 0. The third kappa shape index (κ3) is 3.60. The summed E-state index contributed by atoms with van der Waals surface area (Å²) in [5.74, 6) is -0.706. The van der Waals surface area contributed by atoms with E-state index in [4.69, 9.17) is 9.47 Å². The van der Waals surface area contributed by atoms with Crippen molar-refractivity contribution in [2.75, 3.05) is 18.9 Å². The molecule has 0 aliphatic heterocycles. The number of rotatable bonds is 6. The Morgan fingerprint density at radius 3 is 2.38 bits per heavy atom. The highest BCUT2D eigenvalue weighted by Gasteiger charge is 2.18. The van der Waals surface area contributed by atoms with E-state index in [0.717, 1.165) is 6.07 Å². The largest absolute Gasteiger partial charge is 0.545 e. The van der Waals surface area contributed by atoms with Crippen molar-refractivity contribution in [1.82, 2.24) is 0 Å². The van der Waals surface area contributed by atoms with Crippen LogP contribution in [0.2, 0.25) is 0 Å². The molecule has 8 heteroatoms. The van der Waals surface area contributed by atoms with Crippen LogP contribution in [0.1, 0.15) is 15.9 Å². The van der Waals surface area contributed by atoms with Crippen LogP contribution in [0.25, 0.3) is 0 Å². The molecule has 0 fully saturated rings. The third-order valence-corrected chi connectivity index (χ3v) is 4.75. The standard InChI is InChI=1S/C16H17NO6S/c1-10-4-6-12(9-13(10)16(18)19)24(20,21)17-14-8-11(22-2)5-7-15(14)23-3/h4-9,17H,1-3H3,(H,18,19)/p-1. The number of nitrogens with one attached hydrogen (secondary N) is 1. The monoisotopic (exact) mass is 350 g/mol. The zero-order valence-electron chi connectivity index (χ0n) is 13.3. The summed E-state index contributed by atoms with van der Waals surface area (Å²) in [6.45, 7) is 1.56. The Morgan fingerprint density at radius 2 is 1.79 bits per heavy atom. The summed E-state index contributed by atoms with van der Waals surface area (Å²) in [5.41, 5.74) is 0.399. The first-order chi connectivity index (χ1) is 11.3. The van der Waals surface area contributed by atoms with Gasteiger partial charge in [0, 0.05) is 11.6 Å². The Hall–Kier alpha value is -2.74. The number of aryl methyl sites for hydroxylation is 1. The molecule has 0 radical (unpaired) electrons. The highest BCUT2D eigenvalue weighted by atomic mass is 32.2. The molecular formula is C16H16NO6S-. The minimum atomic E-state index is -4.02. The zero-order chi connectivity index (χ0) is 17.9. The van der Waals surface area contributed by atoms with Crippen molar-refractivity contribution in [2.45, 2.75) is 11.8 Å². The number of carboxylic acid groups (broad SMARTS) is 1. The number of carboxylic acids is 1. The first kappa shape index (κ1) is 17.6. The van der Waals surface area contributed by atoms with Crippen molar-refractivity contribution in [3.63, 3.8) is 0 Å². The molecule has 24 heavy (non-hydrogen) atoms. The number of aromatic carboxylic acids is 1. The molecule has 0 atom stereocenters. The normalized spacial score (nSPS) is 11.0. The fourth-order valence-electron chi connectivity index (χ4n) is 2.09. The number of methoxy groups -OCH3 is 2. The molecule has 0 spiro atoms. The van der Waals surface area contributed by atoms with Crippen molar-refractivity contribution in [3.8, 4) is 11.5 Å². The molecule has 0 aromatic heterocycles. The maximum absolute atomic E-state index is 12.5. The fourth-order valence-corrected chi connectivity index (χ4v) is 3.17. The van der Waals surface area contributed by atoms with E-state index in [1.54, 1.807) is 19.1 Å². The van der Waals surface area contributed by atoms with Crippen LogP contribution >= 0.6 is 0 Å². The maximum atomic E-state index is 12.5. The lowest BCUT2D eigenvalue weighted by molar-refractivity contribution is -0.255. The van der Waals surface area contributed by atoms with E-state index in [1.807, 2.05) is 0 Å². The summed E-state index contributed by atoms with van der Waals surface area (Å²) in [7, 11) is -1.17. The van der Waals surface area contributed by atoms with Gasteiger partial charge in [0.2, 0.25) is 0 Å². The first-order valence-corrected chi connectivity index (χ1v) is 8.33. The molecule has 2 rings (SSSR count). The minimum Gasteiger partial charge on any atom is -0.545 e. The molecule has 0 amide bonds. The zero-order valence-corrected chi connectivity index (χ0v) is 14.1. The summed E-state index contributed by atoms with van der Waals surface area (Å²) < 4.78 is 37.6. The lowest BCUT2D eigenvalue weighted by atomic mass is 10.1. The van der Waals surface area contributed by atoms with Crippen LogP contribution < -0.4 is 19.3 Å². The van der Waals surface area contributed by atoms with Crippen LogP contribution in [0.3, 0.4) is 0 Å². The van der Waals surface area contributed by atoms with Crippen molar-refractivity contribution in [1.29, 1.82) is 0 Å². The molecule has 128 valence electrons. The summed E-state index contributed by atoms with van der Waals surface area (Å²) >= 11 is 0. The first-order valence-electron chi connectivity index (χ1n) is 6.85. The highest BCUT2D eigenvalue weighted by Crippen LogP contribution is 2.31. The summed E-state index contributed by atoms with van der Waals surface area (Å²) in [4.78, 5) is 10.9. The minimum absolute atomic E-state index is 0.174. The van der Waals surface area contributed by atoms with Crippen LogP contribution in [-0.2, 0) is 10.0 Å². The SMILES string of the molecule is COc1ccc(OC)c(NS(=O)(=O)c2ccc(C)c(C(=O)[O-])c2)c1. The quantitative estimate of drug-likeness (QED) is 0.839. The van der Waals surface area contributed by atoms with E-state index >= 15 is 0 Å². The van der Waals surface area contributed by atoms with Crippen LogP contribution in [0.4, 0.5) is 5.69 Å². The number of carbonyl (C=O) groups excluding carboxylic acids is 1. The van der Waals surface area contributed by atoms with Gasteiger partial charge in [-0.3, -0.25) is 4.72 Å². The summed E-state index contributed by atoms with van der Waals surface area (Å²) in [6, 6.07) is 8.41. The molecule has 0 heterocycles. The van der Waals surface area contributed by atoms with Crippen molar-refractivity contribution >= 4 is 21.7 Å². The van der Waals surface area contributed by atoms with Gasteiger partial charge in [-0.25, -0.2) is 8.42 Å². The molecule has 0 bridgehead atoms. The smallest absolute Gasteiger partial charge is 0.262 e. The summed E-state index contributed by atoms with van der Waals surface area (Å²) in [5, 5.41) is 11.1. The molecule has 0 unspecified atom stereocenters. The number of ether oxygens (including phenoxy) is 2. The average molecular weight is 350 g/mol. The predicted octanol–water partition coefficient (Wildman–Crippen LogP) is 1.18. The van der Waals surface area contributed by atoms with Gasteiger partial charge in [0.25, 0.3) is 10.0 Å². The van der Waals surface area contributed by atoms with Gasteiger partial charge in [-0.15, -0.1) is 0 Å². The van der Waals surface area contributed by atoms with Gasteiger partial charge in [0.15, 0.2) is 0 Å². The highest BCUT2D eigenvalue weighted by molar-refractivity contribution is 7.92. The van der Waals surface area contributed by atoms with Gasteiger partial charge < -0.3 is 19.4 Å². The molecule has 0 saturated carbocycles. The van der Waals surface area contributed by atoms with Gasteiger partial charge in [-0.2, -0.15) is 0 Å². The van der Waals surface area contributed by atoms with E-state index in [1.165, 1.54) is 32.4 Å². The number of carbonyl (C=O) groups is 1. The number of benzene rings is 2. The molecule has 0 aliphatic carbocycles. The van der Waals surface area contributed by atoms with Crippen molar-refractivity contribution < 1.29 is 27.8 Å². The average Bonchev–Trinajstić information content (AvgIpc) is 2.54. The molecular weight excluding hydrogens is 334 g/mol. The predicted molar refractivity (Wildman–Crippen MR) is 85.9 cm³/mol. The Bertz CT molecular complexity index is 876. The number of hydrogen-bond acceptors (Lipinski definition) is 6. The van der Waals surface area contributed by atoms with Crippen LogP contribution in [0.15, 0.2) is 41.3 Å². The van der Waals surface area contributed by atoms with Gasteiger partial charge in [-0.05, 0) is 36.8 Å². The Morgan fingerprint density at radius 1 is 1.08 bits per heavy atom. The van der Waals surface area contributed by atoms with E-state index in [-0.39, 0.29) is 16.1 Å². The second-order valence-corrected chi connectivity index (χ2v) is 6.62. The molecule has 7 nitrogen and oxygen atoms in total. The lowest BCUT2D eigenvalue weighted by Crippen LogP contribution is -2.24. The van der Waals surface area contributed by atoms with E-state index in [0.29, 0.717) is 17.1 Å². The lowest BCUT2D eigenvalue weighted by Gasteiger charge is -2.14. The molecule has 2 aromatic rings. The molecule has 2 aromatic carbocycles. The third-order valence-electron chi connectivity index (χ3n) is 3.39. The second-order valence-electron chi connectivity index (χ2n) is 4.94. The second kappa shape index (κ2) is 6.79. The molecule has 0 aliphatic rings. The number of sulfonamides is 1. The van der Waals surface area contributed by atoms with Gasteiger partial charge in [0.05, 0.1) is 30.8 Å². The Kier molecular flexibility index (Phi) is 4.99. The van der Waals surface area contributed by atoms with E-state index < -0.39 is 16.0 Å².